The van der Waals surface area contributed by atoms with Crippen molar-refractivity contribution in [3.8, 4) is 0 Å². The first-order chi connectivity index (χ1) is 10.7. The van der Waals surface area contributed by atoms with Gasteiger partial charge in [0.1, 0.15) is 5.76 Å². The zero-order valence-electron chi connectivity index (χ0n) is 12.1. The zero-order valence-corrected chi connectivity index (χ0v) is 12.9. The van der Waals surface area contributed by atoms with Crippen LogP contribution in [0.25, 0.3) is 0 Å². The summed E-state index contributed by atoms with van der Waals surface area (Å²) in [4.78, 5) is 17.8. The average Bonchev–Trinajstić information content (AvgIpc) is 3.01. The lowest BCUT2D eigenvalue weighted by Gasteiger charge is -2.37. The molecular weight excluding hydrogens is 300 g/mol. The number of nitrogens with one attached hydrogen (secondary N) is 1. The van der Waals surface area contributed by atoms with Gasteiger partial charge in [0.25, 0.3) is 5.91 Å². The number of nitrogens with zero attached hydrogens (tertiary/aromatic N) is 1. The standard InChI is InChI=1S/C16H18N2O3S/c19-11-6-10(7-11)13(12-2-1-5-22-12)18-16(20)14-15(9-3-4-9)21-8-17-14/h1-2,5,8-11,13,19H,3-4,6-7H2,(H,18,20)/t10?,11?,13-/m0/s1. The highest BCUT2D eigenvalue weighted by Crippen LogP contribution is 2.42. The van der Waals surface area contributed by atoms with E-state index in [4.69, 9.17) is 4.42 Å². The van der Waals surface area contributed by atoms with Crippen molar-refractivity contribution >= 4 is 17.2 Å². The Bertz CT molecular complexity index is 657. The number of aromatic nitrogens is 1. The van der Waals surface area contributed by atoms with Crippen molar-refractivity contribution in [2.45, 2.75) is 43.7 Å². The normalized spacial score (nSPS) is 25.5. The number of rotatable bonds is 5. The van der Waals surface area contributed by atoms with Gasteiger partial charge in [0.15, 0.2) is 12.1 Å². The number of oxazole rings is 1. The van der Waals surface area contributed by atoms with Crippen LogP contribution in [0.1, 0.15) is 58.8 Å². The van der Waals surface area contributed by atoms with Crippen molar-refractivity contribution in [3.05, 3.63) is 40.2 Å². The third-order valence-corrected chi connectivity index (χ3v) is 5.47. The van der Waals surface area contributed by atoms with Crippen molar-refractivity contribution in [2.24, 2.45) is 5.92 Å². The predicted molar refractivity (Wildman–Crippen MR) is 81.7 cm³/mol. The van der Waals surface area contributed by atoms with Crippen LogP contribution in [0, 0.1) is 5.92 Å². The Morgan fingerprint density at radius 3 is 2.91 bits per heavy atom. The molecule has 2 aliphatic rings. The van der Waals surface area contributed by atoms with E-state index in [1.54, 1.807) is 11.3 Å². The van der Waals surface area contributed by atoms with Gasteiger partial charge in [-0.2, -0.15) is 0 Å². The second kappa shape index (κ2) is 5.52. The average molecular weight is 318 g/mol. The second-order valence-electron chi connectivity index (χ2n) is 6.19. The predicted octanol–water partition coefficient (Wildman–Crippen LogP) is 2.86. The molecule has 5 nitrogen and oxygen atoms in total. The molecule has 0 aromatic carbocycles. The molecule has 22 heavy (non-hydrogen) atoms. The highest BCUT2D eigenvalue weighted by Gasteiger charge is 2.38. The Labute approximate surface area is 132 Å². The number of aliphatic hydroxyl groups is 1. The number of hydrogen-bond acceptors (Lipinski definition) is 5. The summed E-state index contributed by atoms with van der Waals surface area (Å²) >= 11 is 1.63. The molecule has 0 spiro atoms. The molecule has 6 heteroatoms. The minimum atomic E-state index is -0.238. The maximum absolute atomic E-state index is 12.6. The lowest BCUT2D eigenvalue weighted by Crippen LogP contribution is -2.41. The maximum atomic E-state index is 12.6. The van der Waals surface area contributed by atoms with Gasteiger partial charge in [-0.25, -0.2) is 4.98 Å². The molecule has 116 valence electrons. The van der Waals surface area contributed by atoms with Gasteiger partial charge in [0, 0.05) is 10.8 Å². The monoisotopic (exact) mass is 318 g/mol. The molecule has 4 rings (SSSR count). The molecule has 0 aliphatic heterocycles. The van der Waals surface area contributed by atoms with Crippen molar-refractivity contribution in [1.29, 1.82) is 0 Å². The SMILES string of the molecule is O=C(N[C@H](c1cccs1)C1CC(O)C1)c1ncoc1C1CC1. The Balaban J connectivity index is 1.53. The van der Waals surface area contributed by atoms with Crippen LogP contribution in [-0.4, -0.2) is 22.1 Å². The van der Waals surface area contributed by atoms with Gasteiger partial charge >= 0.3 is 0 Å². The fraction of sp³-hybridized carbons (Fsp3) is 0.500. The van der Waals surface area contributed by atoms with Crippen molar-refractivity contribution in [2.75, 3.05) is 0 Å². The fourth-order valence-corrected chi connectivity index (χ4v) is 3.93. The summed E-state index contributed by atoms with van der Waals surface area (Å²) < 4.78 is 5.39. The fourth-order valence-electron chi connectivity index (χ4n) is 3.06. The summed E-state index contributed by atoms with van der Waals surface area (Å²) in [5.41, 5.74) is 0.420. The van der Waals surface area contributed by atoms with E-state index >= 15 is 0 Å². The van der Waals surface area contributed by atoms with E-state index in [9.17, 15) is 9.90 Å². The smallest absolute Gasteiger partial charge is 0.274 e. The van der Waals surface area contributed by atoms with E-state index in [1.165, 1.54) is 6.39 Å². The van der Waals surface area contributed by atoms with Crippen LogP contribution in [0.3, 0.4) is 0 Å². The largest absolute Gasteiger partial charge is 0.447 e. The maximum Gasteiger partial charge on any atom is 0.274 e. The molecule has 1 amide bonds. The van der Waals surface area contributed by atoms with E-state index in [0.717, 1.165) is 36.3 Å². The molecule has 0 radical (unpaired) electrons. The van der Waals surface area contributed by atoms with Crippen LogP contribution in [0.15, 0.2) is 28.3 Å². The molecular formula is C16H18N2O3S. The van der Waals surface area contributed by atoms with Crippen molar-refractivity contribution in [1.82, 2.24) is 10.3 Å². The highest BCUT2D eigenvalue weighted by molar-refractivity contribution is 7.10. The van der Waals surface area contributed by atoms with Gasteiger partial charge in [-0.15, -0.1) is 11.3 Å². The van der Waals surface area contributed by atoms with Gasteiger partial charge < -0.3 is 14.8 Å². The van der Waals surface area contributed by atoms with Crippen LogP contribution in [0.2, 0.25) is 0 Å². The molecule has 0 saturated heterocycles. The quantitative estimate of drug-likeness (QED) is 0.889. The third kappa shape index (κ3) is 2.57. The molecule has 2 heterocycles. The number of hydrogen-bond donors (Lipinski definition) is 2. The molecule has 2 saturated carbocycles. The molecule has 0 bridgehead atoms. The molecule has 2 N–H and O–H groups in total. The van der Waals surface area contributed by atoms with Gasteiger partial charge in [0.2, 0.25) is 0 Å². The van der Waals surface area contributed by atoms with Crippen LogP contribution >= 0.6 is 11.3 Å². The van der Waals surface area contributed by atoms with Crippen molar-refractivity contribution in [3.63, 3.8) is 0 Å². The zero-order chi connectivity index (χ0) is 15.1. The summed E-state index contributed by atoms with van der Waals surface area (Å²) in [5, 5.41) is 14.7. The first-order valence-corrected chi connectivity index (χ1v) is 8.56. The van der Waals surface area contributed by atoms with Crippen LogP contribution in [-0.2, 0) is 0 Å². The third-order valence-electron chi connectivity index (χ3n) is 4.52. The molecule has 2 aromatic rings. The molecule has 2 aromatic heterocycles. The minimum Gasteiger partial charge on any atom is -0.447 e. The second-order valence-corrected chi connectivity index (χ2v) is 7.17. The van der Waals surface area contributed by atoms with Crippen LogP contribution < -0.4 is 5.32 Å². The summed E-state index contributed by atoms with van der Waals surface area (Å²) in [5.74, 6) is 1.19. The van der Waals surface area contributed by atoms with E-state index < -0.39 is 0 Å². The minimum absolute atomic E-state index is 0.0559. The lowest BCUT2D eigenvalue weighted by atomic mass is 9.76. The van der Waals surface area contributed by atoms with E-state index in [0.29, 0.717) is 11.6 Å². The first-order valence-electron chi connectivity index (χ1n) is 7.68. The summed E-state index contributed by atoms with van der Waals surface area (Å²) in [7, 11) is 0. The Morgan fingerprint density at radius 1 is 1.45 bits per heavy atom. The molecule has 0 unspecified atom stereocenters. The van der Waals surface area contributed by atoms with Crippen molar-refractivity contribution < 1.29 is 14.3 Å². The molecule has 1 atom stereocenters. The van der Waals surface area contributed by atoms with Crippen LogP contribution in [0.4, 0.5) is 0 Å². The molecule has 2 aliphatic carbocycles. The van der Waals surface area contributed by atoms with E-state index in [1.807, 2.05) is 17.5 Å². The number of carbonyl (C=O) groups is 1. The van der Waals surface area contributed by atoms with E-state index in [-0.39, 0.29) is 24.0 Å². The van der Waals surface area contributed by atoms with Gasteiger partial charge in [-0.05, 0) is 43.0 Å². The summed E-state index contributed by atoms with van der Waals surface area (Å²) in [6.45, 7) is 0. The summed E-state index contributed by atoms with van der Waals surface area (Å²) in [6, 6.07) is 3.96. The highest BCUT2D eigenvalue weighted by atomic mass is 32.1. The topological polar surface area (TPSA) is 75.4 Å². The number of amides is 1. The van der Waals surface area contributed by atoms with E-state index in [2.05, 4.69) is 10.3 Å². The number of thiophene rings is 1. The van der Waals surface area contributed by atoms with Gasteiger partial charge in [-0.1, -0.05) is 6.07 Å². The lowest BCUT2D eigenvalue weighted by molar-refractivity contribution is 0.0240. The van der Waals surface area contributed by atoms with Gasteiger partial charge in [0.05, 0.1) is 12.1 Å². The first kappa shape index (κ1) is 14.0. The van der Waals surface area contributed by atoms with Crippen LogP contribution in [0.5, 0.6) is 0 Å². The number of aliphatic hydroxyl groups excluding tert-OH is 1. The Kier molecular flexibility index (Phi) is 3.50. The summed E-state index contributed by atoms with van der Waals surface area (Å²) in [6.07, 6.45) is 4.72. The number of carbonyl (C=O) groups excluding carboxylic acids is 1. The Morgan fingerprint density at radius 2 is 2.27 bits per heavy atom. The Hall–Kier alpha value is -1.66. The van der Waals surface area contributed by atoms with Gasteiger partial charge in [-0.3, -0.25) is 4.79 Å². The molecule has 2 fully saturated rings.